The molecular weight excluding hydrogens is 299 g/mol. The first-order chi connectivity index (χ1) is 9.43. The second kappa shape index (κ2) is 7.53. The second-order valence-electron chi connectivity index (χ2n) is 3.98. The Hall–Kier alpha value is -2.03. The molecule has 0 spiro atoms. The molecule has 0 atom stereocenters. The first-order valence-electron chi connectivity index (χ1n) is 5.51. The predicted molar refractivity (Wildman–Crippen MR) is 79.6 cm³/mol. The molecular formula is C13H12Cl2N4O. The van der Waals surface area contributed by atoms with Gasteiger partial charge >= 0.3 is 0 Å². The number of carbonyl (C=O) groups excluding carboxylic acids is 1. The van der Waals surface area contributed by atoms with Gasteiger partial charge in [-0.1, -0.05) is 29.3 Å². The van der Waals surface area contributed by atoms with Crippen molar-refractivity contribution in [2.24, 2.45) is 5.10 Å². The average Bonchev–Trinajstić information content (AvgIpc) is 2.38. The summed E-state index contributed by atoms with van der Waals surface area (Å²) in [5.74, 6) is -0.595. The molecule has 1 aromatic rings. The van der Waals surface area contributed by atoms with Crippen molar-refractivity contribution < 1.29 is 4.79 Å². The molecule has 0 aliphatic rings. The van der Waals surface area contributed by atoms with E-state index in [1.807, 2.05) is 0 Å². The van der Waals surface area contributed by atoms with Crippen LogP contribution in [0.15, 0.2) is 35.1 Å². The fourth-order valence-corrected chi connectivity index (χ4v) is 1.68. The lowest BCUT2D eigenvalue weighted by Gasteiger charge is -2.05. The van der Waals surface area contributed by atoms with Gasteiger partial charge in [0.1, 0.15) is 11.6 Å². The lowest BCUT2D eigenvalue weighted by atomic mass is 10.2. The summed E-state index contributed by atoms with van der Waals surface area (Å²) in [6.07, 6.45) is 2.78. The van der Waals surface area contributed by atoms with Crippen LogP contribution in [0.25, 0.3) is 0 Å². The molecule has 0 aliphatic carbocycles. The third kappa shape index (κ3) is 4.92. The fourth-order valence-electron chi connectivity index (χ4n) is 1.22. The zero-order chi connectivity index (χ0) is 15.1. The average molecular weight is 311 g/mol. The molecule has 1 amide bonds. The van der Waals surface area contributed by atoms with Crippen molar-refractivity contribution in [3.8, 4) is 6.07 Å². The number of carbonyl (C=O) groups is 1. The molecule has 0 saturated carbocycles. The minimum atomic E-state index is -0.595. The van der Waals surface area contributed by atoms with E-state index in [0.29, 0.717) is 15.6 Å². The minimum absolute atomic E-state index is 0.0469. The first-order valence-corrected chi connectivity index (χ1v) is 6.26. The summed E-state index contributed by atoms with van der Waals surface area (Å²) in [5.41, 5.74) is 2.81. The van der Waals surface area contributed by atoms with E-state index >= 15 is 0 Å². The molecule has 20 heavy (non-hydrogen) atoms. The molecule has 0 heterocycles. The SMILES string of the molecule is CN(C)/C=C(\C#N)C(=O)N/N=C/c1ccc(Cl)cc1Cl. The van der Waals surface area contributed by atoms with Crippen LogP contribution in [-0.4, -0.2) is 31.1 Å². The van der Waals surface area contributed by atoms with E-state index in [1.54, 1.807) is 43.3 Å². The van der Waals surface area contributed by atoms with Gasteiger partial charge in [-0.3, -0.25) is 4.79 Å². The molecule has 0 bridgehead atoms. The third-order valence-electron chi connectivity index (χ3n) is 2.08. The fraction of sp³-hybridized carbons (Fsp3) is 0.154. The molecule has 0 unspecified atom stereocenters. The molecule has 0 aromatic heterocycles. The number of hydrazone groups is 1. The van der Waals surface area contributed by atoms with E-state index in [4.69, 9.17) is 28.5 Å². The number of nitrogens with zero attached hydrogens (tertiary/aromatic N) is 3. The largest absolute Gasteiger partial charge is 0.382 e. The lowest BCUT2D eigenvalue weighted by Crippen LogP contribution is -2.20. The molecule has 0 saturated heterocycles. The Morgan fingerprint density at radius 3 is 2.70 bits per heavy atom. The van der Waals surface area contributed by atoms with Crippen LogP contribution in [0.5, 0.6) is 0 Å². The summed E-state index contributed by atoms with van der Waals surface area (Å²) >= 11 is 11.7. The van der Waals surface area contributed by atoms with Gasteiger partial charge in [0, 0.05) is 30.9 Å². The summed E-state index contributed by atoms with van der Waals surface area (Å²) < 4.78 is 0. The van der Waals surface area contributed by atoms with Crippen molar-refractivity contribution >= 4 is 35.3 Å². The Morgan fingerprint density at radius 2 is 2.15 bits per heavy atom. The maximum atomic E-state index is 11.6. The Labute approximate surface area is 127 Å². The van der Waals surface area contributed by atoms with Gasteiger partial charge in [-0.25, -0.2) is 5.43 Å². The van der Waals surface area contributed by atoms with E-state index in [-0.39, 0.29) is 5.57 Å². The molecule has 0 radical (unpaired) electrons. The van der Waals surface area contributed by atoms with E-state index in [1.165, 1.54) is 12.4 Å². The number of rotatable bonds is 4. The number of nitriles is 1. The highest BCUT2D eigenvalue weighted by Gasteiger charge is 2.07. The number of hydrogen-bond donors (Lipinski definition) is 1. The maximum Gasteiger partial charge on any atom is 0.283 e. The van der Waals surface area contributed by atoms with Crippen LogP contribution < -0.4 is 5.43 Å². The molecule has 0 aliphatic heterocycles. The van der Waals surface area contributed by atoms with Crippen LogP contribution in [0.1, 0.15) is 5.56 Å². The van der Waals surface area contributed by atoms with Crippen molar-refractivity contribution in [3.63, 3.8) is 0 Å². The quantitative estimate of drug-likeness (QED) is 0.402. The highest BCUT2D eigenvalue weighted by Crippen LogP contribution is 2.19. The number of halogens is 2. The van der Waals surface area contributed by atoms with Crippen LogP contribution in [0.2, 0.25) is 10.0 Å². The number of hydrogen-bond acceptors (Lipinski definition) is 4. The highest BCUT2D eigenvalue weighted by molar-refractivity contribution is 6.36. The third-order valence-corrected chi connectivity index (χ3v) is 2.65. The second-order valence-corrected chi connectivity index (χ2v) is 4.83. The zero-order valence-electron chi connectivity index (χ0n) is 10.9. The van der Waals surface area contributed by atoms with E-state index in [9.17, 15) is 4.79 Å². The molecule has 1 rings (SSSR count). The summed E-state index contributed by atoms with van der Waals surface area (Å²) in [6.45, 7) is 0. The number of benzene rings is 1. The summed E-state index contributed by atoms with van der Waals surface area (Å²) in [4.78, 5) is 13.2. The van der Waals surface area contributed by atoms with Crippen LogP contribution in [0.4, 0.5) is 0 Å². The van der Waals surface area contributed by atoms with Crippen LogP contribution in [0.3, 0.4) is 0 Å². The van der Waals surface area contributed by atoms with Crippen molar-refractivity contribution in [1.82, 2.24) is 10.3 Å². The van der Waals surface area contributed by atoms with E-state index in [2.05, 4.69) is 10.5 Å². The van der Waals surface area contributed by atoms with Gasteiger partial charge in [0.05, 0.1) is 11.2 Å². The van der Waals surface area contributed by atoms with Crippen molar-refractivity contribution in [2.75, 3.05) is 14.1 Å². The maximum absolute atomic E-state index is 11.6. The van der Waals surface area contributed by atoms with E-state index in [0.717, 1.165) is 0 Å². The van der Waals surface area contributed by atoms with Gasteiger partial charge in [0.25, 0.3) is 5.91 Å². The van der Waals surface area contributed by atoms with Gasteiger partial charge in [0.15, 0.2) is 0 Å². The Morgan fingerprint density at radius 1 is 1.45 bits per heavy atom. The van der Waals surface area contributed by atoms with Gasteiger partial charge < -0.3 is 4.90 Å². The van der Waals surface area contributed by atoms with Gasteiger partial charge in [-0.2, -0.15) is 10.4 Å². The lowest BCUT2D eigenvalue weighted by molar-refractivity contribution is -0.117. The van der Waals surface area contributed by atoms with Gasteiger partial charge in [-0.05, 0) is 12.1 Å². The molecule has 7 heteroatoms. The molecule has 0 fully saturated rings. The normalized spacial score (nSPS) is 11.2. The Bertz CT molecular complexity index is 603. The Kier molecular flexibility index (Phi) is 6.04. The van der Waals surface area contributed by atoms with E-state index < -0.39 is 5.91 Å². The molecule has 5 nitrogen and oxygen atoms in total. The Balaban J connectivity index is 2.74. The van der Waals surface area contributed by atoms with Gasteiger partial charge in [-0.15, -0.1) is 0 Å². The minimum Gasteiger partial charge on any atom is -0.382 e. The molecule has 104 valence electrons. The predicted octanol–water partition coefficient (Wildman–Crippen LogP) is 2.41. The van der Waals surface area contributed by atoms with Crippen LogP contribution >= 0.6 is 23.2 Å². The van der Waals surface area contributed by atoms with Crippen LogP contribution in [0, 0.1) is 11.3 Å². The van der Waals surface area contributed by atoms with Crippen molar-refractivity contribution in [3.05, 3.63) is 45.6 Å². The summed E-state index contributed by atoms with van der Waals surface area (Å²) in [5, 5.41) is 13.5. The smallest absolute Gasteiger partial charge is 0.283 e. The van der Waals surface area contributed by atoms with Crippen LogP contribution in [-0.2, 0) is 4.79 Å². The first kappa shape index (κ1) is 16.0. The monoisotopic (exact) mass is 310 g/mol. The standard InChI is InChI=1S/C13H12Cl2N4O/c1-19(2)8-10(6-16)13(20)18-17-7-9-3-4-11(14)5-12(9)15/h3-5,7-8H,1-2H3,(H,18,20)/b10-8+,17-7+. The van der Waals surface area contributed by atoms with Gasteiger partial charge in [0.2, 0.25) is 0 Å². The topological polar surface area (TPSA) is 68.5 Å². The summed E-state index contributed by atoms with van der Waals surface area (Å²) in [6, 6.07) is 6.68. The number of nitrogens with one attached hydrogen (secondary N) is 1. The van der Waals surface area contributed by atoms with Crippen molar-refractivity contribution in [2.45, 2.75) is 0 Å². The summed E-state index contributed by atoms with van der Waals surface area (Å²) in [7, 11) is 3.42. The molecule has 1 aromatic carbocycles. The number of amides is 1. The van der Waals surface area contributed by atoms with Crippen molar-refractivity contribution in [1.29, 1.82) is 5.26 Å². The zero-order valence-corrected chi connectivity index (χ0v) is 12.4. The highest BCUT2D eigenvalue weighted by atomic mass is 35.5. The molecule has 1 N–H and O–H groups in total.